The number of nitrogens with zero attached hydrogens (tertiary/aromatic N) is 1. The molecule has 0 aliphatic carbocycles. The first-order chi connectivity index (χ1) is 11.8. The van der Waals surface area contributed by atoms with Gasteiger partial charge in [-0.1, -0.05) is 12.1 Å². The molecule has 130 valence electrons. The highest BCUT2D eigenvalue weighted by molar-refractivity contribution is 6.10. The Balaban J connectivity index is 2.46. The van der Waals surface area contributed by atoms with Crippen molar-refractivity contribution in [3.8, 4) is 5.75 Å². The van der Waals surface area contributed by atoms with Crippen molar-refractivity contribution >= 4 is 23.2 Å². The van der Waals surface area contributed by atoms with Gasteiger partial charge in [0.25, 0.3) is 17.5 Å². The molecule has 0 bridgehead atoms. The van der Waals surface area contributed by atoms with Gasteiger partial charge in [0, 0.05) is 12.1 Å². The molecule has 2 aromatic carbocycles. The number of para-hydroxylation sites is 1. The minimum atomic E-state index is -0.692. The lowest BCUT2D eigenvalue weighted by molar-refractivity contribution is -0.384. The van der Waals surface area contributed by atoms with Crippen LogP contribution >= 0.6 is 0 Å². The summed E-state index contributed by atoms with van der Waals surface area (Å²) >= 11 is 0. The molecule has 2 aromatic rings. The van der Waals surface area contributed by atoms with Crippen LogP contribution in [0.2, 0.25) is 0 Å². The highest BCUT2D eigenvalue weighted by Crippen LogP contribution is 2.27. The van der Waals surface area contributed by atoms with E-state index < -0.39 is 16.7 Å². The summed E-state index contributed by atoms with van der Waals surface area (Å²) in [5, 5.41) is 13.6. The minimum Gasteiger partial charge on any atom is -0.493 e. The second-order valence-electron chi connectivity index (χ2n) is 5.19. The largest absolute Gasteiger partial charge is 0.493 e. The molecule has 0 heterocycles. The summed E-state index contributed by atoms with van der Waals surface area (Å²) in [6.45, 7) is 3.73. The SMILES string of the molecule is CCOc1ccc([N+](=O)[O-])cc1C(=O)Nc1c(C)cccc1C(N)=O. The number of hydrogen-bond donors (Lipinski definition) is 2. The number of amides is 2. The molecule has 0 atom stereocenters. The fourth-order valence-electron chi connectivity index (χ4n) is 2.31. The summed E-state index contributed by atoms with van der Waals surface area (Å²) in [5.41, 5.74) is 6.13. The lowest BCUT2D eigenvalue weighted by Crippen LogP contribution is -2.20. The molecule has 0 aromatic heterocycles. The molecule has 0 aliphatic heterocycles. The van der Waals surface area contributed by atoms with Gasteiger partial charge in [0.15, 0.2) is 0 Å². The van der Waals surface area contributed by atoms with Crippen molar-refractivity contribution in [2.75, 3.05) is 11.9 Å². The van der Waals surface area contributed by atoms with Gasteiger partial charge >= 0.3 is 0 Å². The normalized spacial score (nSPS) is 10.2. The van der Waals surface area contributed by atoms with Crippen LogP contribution < -0.4 is 15.8 Å². The van der Waals surface area contributed by atoms with E-state index in [-0.39, 0.29) is 34.9 Å². The van der Waals surface area contributed by atoms with Crippen molar-refractivity contribution in [3.63, 3.8) is 0 Å². The molecule has 0 saturated heterocycles. The molecule has 8 nitrogen and oxygen atoms in total. The Kier molecular flexibility index (Phi) is 5.33. The second-order valence-corrected chi connectivity index (χ2v) is 5.19. The average Bonchev–Trinajstić information content (AvgIpc) is 2.56. The van der Waals surface area contributed by atoms with Gasteiger partial charge in [-0.05, 0) is 31.5 Å². The molecule has 3 N–H and O–H groups in total. The predicted molar refractivity (Wildman–Crippen MR) is 91.9 cm³/mol. The Bertz CT molecular complexity index is 848. The van der Waals surface area contributed by atoms with Gasteiger partial charge in [-0.15, -0.1) is 0 Å². The first kappa shape index (κ1) is 17.9. The number of nitrogens with one attached hydrogen (secondary N) is 1. The maximum atomic E-state index is 12.6. The maximum Gasteiger partial charge on any atom is 0.270 e. The number of primary amides is 1. The van der Waals surface area contributed by atoms with Gasteiger partial charge in [0.2, 0.25) is 0 Å². The zero-order valence-electron chi connectivity index (χ0n) is 13.7. The van der Waals surface area contributed by atoms with E-state index in [1.54, 1.807) is 26.0 Å². The van der Waals surface area contributed by atoms with Crippen molar-refractivity contribution < 1.29 is 19.2 Å². The Morgan fingerprint density at radius 3 is 2.56 bits per heavy atom. The Morgan fingerprint density at radius 2 is 1.96 bits per heavy atom. The molecule has 0 fully saturated rings. The number of nitrogens with two attached hydrogens (primary N) is 1. The third kappa shape index (κ3) is 3.92. The number of aryl methyl sites for hydroxylation is 1. The highest BCUT2D eigenvalue weighted by Gasteiger charge is 2.20. The van der Waals surface area contributed by atoms with Gasteiger partial charge < -0.3 is 15.8 Å². The molecule has 2 amide bonds. The molecule has 0 unspecified atom stereocenters. The smallest absolute Gasteiger partial charge is 0.270 e. The monoisotopic (exact) mass is 343 g/mol. The van der Waals surface area contributed by atoms with Crippen molar-refractivity contribution in [1.29, 1.82) is 0 Å². The summed E-state index contributed by atoms with van der Waals surface area (Å²) < 4.78 is 5.36. The van der Waals surface area contributed by atoms with Gasteiger partial charge in [0.05, 0.1) is 28.3 Å². The molecular formula is C17H17N3O5. The molecule has 0 aliphatic rings. The lowest BCUT2D eigenvalue weighted by atomic mass is 10.1. The van der Waals surface area contributed by atoms with E-state index in [0.717, 1.165) is 6.07 Å². The number of benzene rings is 2. The molecular weight excluding hydrogens is 326 g/mol. The molecule has 2 rings (SSSR count). The van der Waals surface area contributed by atoms with Crippen LogP contribution in [0.3, 0.4) is 0 Å². The van der Waals surface area contributed by atoms with E-state index in [9.17, 15) is 19.7 Å². The van der Waals surface area contributed by atoms with E-state index in [4.69, 9.17) is 10.5 Å². The molecule has 0 radical (unpaired) electrons. The standard InChI is InChI=1S/C17H17N3O5/c1-3-25-14-8-7-11(20(23)24)9-13(14)17(22)19-15-10(2)5-4-6-12(15)16(18)21/h4-9H,3H2,1-2H3,(H2,18,21)(H,19,22). The number of carbonyl (C=O) groups excluding carboxylic acids is 2. The summed E-state index contributed by atoms with van der Waals surface area (Å²) in [5.74, 6) is -1.12. The van der Waals surface area contributed by atoms with Crippen LogP contribution in [0.5, 0.6) is 5.75 Å². The number of non-ortho nitro benzene ring substituents is 1. The van der Waals surface area contributed by atoms with Crippen LogP contribution in [0, 0.1) is 17.0 Å². The Morgan fingerprint density at radius 1 is 1.24 bits per heavy atom. The molecule has 0 saturated carbocycles. The van der Waals surface area contributed by atoms with Gasteiger partial charge in [0.1, 0.15) is 5.75 Å². The van der Waals surface area contributed by atoms with Gasteiger partial charge in [-0.2, -0.15) is 0 Å². The van der Waals surface area contributed by atoms with Gasteiger partial charge in [-0.25, -0.2) is 0 Å². The van der Waals surface area contributed by atoms with E-state index in [1.165, 1.54) is 18.2 Å². The highest BCUT2D eigenvalue weighted by atomic mass is 16.6. The number of anilines is 1. The molecule has 8 heteroatoms. The second kappa shape index (κ2) is 7.43. The van der Waals surface area contributed by atoms with E-state index >= 15 is 0 Å². The third-order valence-corrected chi connectivity index (χ3v) is 3.50. The number of nitro benzene ring substituents is 1. The number of nitro groups is 1. The zero-order valence-corrected chi connectivity index (χ0v) is 13.7. The molecule has 25 heavy (non-hydrogen) atoms. The van der Waals surface area contributed by atoms with Crippen molar-refractivity contribution in [2.45, 2.75) is 13.8 Å². The topological polar surface area (TPSA) is 125 Å². The third-order valence-electron chi connectivity index (χ3n) is 3.50. The Labute approximate surface area is 143 Å². The fraction of sp³-hybridized carbons (Fsp3) is 0.176. The zero-order chi connectivity index (χ0) is 18.6. The predicted octanol–water partition coefficient (Wildman–Crippen LogP) is 2.65. The van der Waals surface area contributed by atoms with Crippen molar-refractivity contribution in [3.05, 3.63) is 63.2 Å². The maximum absolute atomic E-state index is 12.6. The van der Waals surface area contributed by atoms with Gasteiger partial charge in [-0.3, -0.25) is 19.7 Å². The van der Waals surface area contributed by atoms with Crippen molar-refractivity contribution in [2.24, 2.45) is 5.73 Å². The van der Waals surface area contributed by atoms with Crippen LogP contribution in [0.15, 0.2) is 36.4 Å². The fourth-order valence-corrected chi connectivity index (χ4v) is 2.31. The first-order valence-corrected chi connectivity index (χ1v) is 7.47. The van der Waals surface area contributed by atoms with Crippen LogP contribution in [-0.2, 0) is 0 Å². The number of rotatable bonds is 6. The first-order valence-electron chi connectivity index (χ1n) is 7.47. The number of ether oxygens (including phenoxy) is 1. The van der Waals surface area contributed by atoms with E-state index in [0.29, 0.717) is 5.56 Å². The Hall–Kier alpha value is -3.42. The summed E-state index contributed by atoms with van der Waals surface area (Å²) in [4.78, 5) is 34.6. The van der Waals surface area contributed by atoms with Crippen molar-refractivity contribution in [1.82, 2.24) is 0 Å². The number of hydrogen-bond acceptors (Lipinski definition) is 5. The van der Waals surface area contributed by atoms with Crippen LogP contribution in [0.1, 0.15) is 33.2 Å². The van der Waals surface area contributed by atoms with E-state index in [2.05, 4.69) is 5.32 Å². The summed E-state index contributed by atoms with van der Waals surface area (Å²) in [6.07, 6.45) is 0. The van der Waals surface area contributed by atoms with Crippen LogP contribution in [0.4, 0.5) is 11.4 Å². The minimum absolute atomic E-state index is 0.00489. The van der Waals surface area contributed by atoms with E-state index in [1.807, 2.05) is 0 Å². The average molecular weight is 343 g/mol. The number of carbonyl (C=O) groups is 2. The lowest BCUT2D eigenvalue weighted by Gasteiger charge is -2.14. The quantitative estimate of drug-likeness (QED) is 0.616. The van der Waals surface area contributed by atoms with Crippen LogP contribution in [-0.4, -0.2) is 23.3 Å². The summed E-state index contributed by atoms with van der Waals surface area (Å²) in [7, 11) is 0. The summed E-state index contributed by atoms with van der Waals surface area (Å²) in [6, 6.07) is 8.58. The molecule has 0 spiro atoms. The van der Waals surface area contributed by atoms with Crippen LogP contribution in [0.25, 0.3) is 0 Å².